The summed E-state index contributed by atoms with van der Waals surface area (Å²) in [6.07, 6.45) is 1.52. The summed E-state index contributed by atoms with van der Waals surface area (Å²) in [5.74, 6) is 0.529. The summed E-state index contributed by atoms with van der Waals surface area (Å²) in [6, 6.07) is 6.72. The van der Waals surface area contributed by atoms with Crippen LogP contribution in [0.25, 0.3) is 11.3 Å². The molecule has 1 saturated carbocycles. The molecule has 3 aromatic rings. The number of nitrogens with zero attached hydrogens (tertiary/aromatic N) is 2. The predicted molar refractivity (Wildman–Crippen MR) is 116 cm³/mol. The molecule has 11 heteroatoms. The van der Waals surface area contributed by atoms with Crippen molar-refractivity contribution in [1.29, 1.82) is 0 Å². The number of anilines is 2. The van der Waals surface area contributed by atoms with E-state index in [2.05, 4.69) is 20.6 Å². The Morgan fingerprint density at radius 1 is 1.06 bits per heavy atom. The van der Waals surface area contributed by atoms with Crippen molar-refractivity contribution in [3.05, 3.63) is 60.2 Å². The summed E-state index contributed by atoms with van der Waals surface area (Å²) in [5.41, 5.74) is -1.15. The minimum absolute atomic E-state index is 0.00763. The van der Waals surface area contributed by atoms with E-state index in [1.165, 1.54) is 37.5 Å². The summed E-state index contributed by atoms with van der Waals surface area (Å²) in [5, 5.41) is 4.80. The molecule has 0 spiro atoms. The monoisotopic (exact) mass is 474 g/mol. The SMILES string of the molecule is CC(=O)OC1(c2ncc(-c3ccc(NC(=O)Nc4cccc(C(F)(F)F)c4)nc3)o2)CCCC1. The Labute approximate surface area is 192 Å². The summed E-state index contributed by atoms with van der Waals surface area (Å²) < 4.78 is 49.9. The van der Waals surface area contributed by atoms with Crippen molar-refractivity contribution >= 4 is 23.5 Å². The number of aromatic nitrogens is 2. The van der Waals surface area contributed by atoms with E-state index in [-0.39, 0.29) is 11.5 Å². The maximum atomic E-state index is 12.8. The largest absolute Gasteiger partial charge is 0.449 e. The molecule has 1 aliphatic carbocycles. The highest BCUT2D eigenvalue weighted by atomic mass is 19.4. The van der Waals surface area contributed by atoms with Crippen molar-refractivity contribution in [1.82, 2.24) is 9.97 Å². The van der Waals surface area contributed by atoms with Crippen molar-refractivity contribution in [2.45, 2.75) is 44.4 Å². The van der Waals surface area contributed by atoms with Gasteiger partial charge in [-0.1, -0.05) is 6.07 Å². The molecule has 2 N–H and O–H groups in total. The maximum Gasteiger partial charge on any atom is 0.416 e. The normalized spacial score (nSPS) is 15.1. The number of hydrogen-bond acceptors (Lipinski definition) is 6. The van der Waals surface area contributed by atoms with Crippen molar-refractivity contribution in [2.75, 3.05) is 10.6 Å². The Bertz CT molecular complexity index is 1190. The molecule has 0 radical (unpaired) electrons. The van der Waals surface area contributed by atoms with E-state index in [0.29, 0.717) is 30.1 Å². The van der Waals surface area contributed by atoms with E-state index >= 15 is 0 Å². The lowest BCUT2D eigenvalue weighted by Crippen LogP contribution is -2.28. The minimum atomic E-state index is -4.51. The molecule has 1 aliphatic rings. The zero-order valence-electron chi connectivity index (χ0n) is 18.1. The first-order valence-electron chi connectivity index (χ1n) is 10.5. The van der Waals surface area contributed by atoms with Crippen LogP contribution in [0.3, 0.4) is 0 Å². The number of rotatable bonds is 5. The Kier molecular flexibility index (Phi) is 6.27. The summed E-state index contributed by atoms with van der Waals surface area (Å²) in [6.45, 7) is 1.35. The summed E-state index contributed by atoms with van der Waals surface area (Å²) in [7, 11) is 0. The summed E-state index contributed by atoms with van der Waals surface area (Å²) in [4.78, 5) is 32.2. The number of benzene rings is 1. The van der Waals surface area contributed by atoms with Gasteiger partial charge in [-0.2, -0.15) is 13.2 Å². The predicted octanol–water partition coefficient (Wildman–Crippen LogP) is 5.73. The van der Waals surface area contributed by atoms with Crippen LogP contribution in [0.5, 0.6) is 0 Å². The van der Waals surface area contributed by atoms with Crippen LogP contribution in [0.15, 0.2) is 53.2 Å². The molecule has 4 rings (SSSR count). The van der Waals surface area contributed by atoms with Crippen LogP contribution in [-0.4, -0.2) is 22.0 Å². The van der Waals surface area contributed by atoms with Crippen molar-refractivity contribution in [3.8, 4) is 11.3 Å². The van der Waals surface area contributed by atoms with Gasteiger partial charge in [-0.15, -0.1) is 0 Å². The topological polar surface area (TPSA) is 106 Å². The lowest BCUT2D eigenvalue weighted by molar-refractivity contribution is -0.160. The van der Waals surface area contributed by atoms with Gasteiger partial charge >= 0.3 is 18.2 Å². The van der Waals surface area contributed by atoms with Gasteiger partial charge in [0.1, 0.15) is 5.82 Å². The first-order chi connectivity index (χ1) is 16.1. The number of oxazole rings is 1. The lowest BCUT2D eigenvalue weighted by atomic mass is 10.0. The summed E-state index contributed by atoms with van der Waals surface area (Å²) >= 11 is 0. The van der Waals surface area contributed by atoms with Crippen LogP contribution in [0.2, 0.25) is 0 Å². The second-order valence-corrected chi connectivity index (χ2v) is 7.91. The fourth-order valence-electron chi connectivity index (χ4n) is 3.86. The number of halogens is 3. The third-order valence-corrected chi connectivity index (χ3v) is 5.38. The quantitative estimate of drug-likeness (QED) is 0.458. The van der Waals surface area contributed by atoms with Crippen LogP contribution in [-0.2, 0) is 21.3 Å². The fraction of sp³-hybridized carbons (Fsp3) is 0.304. The van der Waals surface area contributed by atoms with Gasteiger partial charge in [0, 0.05) is 24.4 Å². The number of carbonyl (C=O) groups is 2. The van der Waals surface area contributed by atoms with Gasteiger partial charge in [-0.05, 0) is 56.0 Å². The first-order valence-corrected chi connectivity index (χ1v) is 10.5. The highest BCUT2D eigenvalue weighted by Crippen LogP contribution is 2.42. The first kappa shape index (κ1) is 23.3. The third-order valence-electron chi connectivity index (χ3n) is 5.38. The van der Waals surface area contributed by atoms with Crippen LogP contribution in [0, 0.1) is 0 Å². The van der Waals surface area contributed by atoms with E-state index in [4.69, 9.17) is 9.15 Å². The third kappa shape index (κ3) is 5.19. The van der Waals surface area contributed by atoms with Gasteiger partial charge in [0.05, 0.1) is 11.8 Å². The molecule has 2 heterocycles. The average molecular weight is 474 g/mol. The molecule has 1 fully saturated rings. The molecule has 2 aromatic heterocycles. The van der Waals surface area contributed by atoms with Gasteiger partial charge in [-0.25, -0.2) is 14.8 Å². The molecular weight excluding hydrogens is 453 g/mol. The van der Waals surface area contributed by atoms with Crippen molar-refractivity contribution < 1.29 is 31.9 Å². The number of pyridine rings is 1. The average Bonchev–Trinajstić information content (AvgIpc) is 3.44. The highest BCUT2D eigenvalue weighted by molar-refractivity contribution is 5.99. The Morgan fingerprint density at radius 2 is 1.82 bits per heavy atom. The Hall–Kier alpha value is -3.89. The van der Waals surface area contributed by atoms with Crippen LogP contribution < -0.4 is 10.6 Å². The molecule has 0 bridgehead atoms. The Morgan fingerprint density at radius 3 is 2.47 bits per heavy atom. The lowest BCUT2D eigenvalue weighted by Gasteiger charge is -2.24. The van der Waals surface area contributed by atoms with Crippen molar-refractivity contribution in [3.63, 3.8) is 0 Å². The fourth-order valence-corrected chi connectivity index (χ4v) is 3.86. The second kappa shape index (κ2) is 9.16. The van der Waals surface area contributed by atoms with Gasteiger partial charge in [-0.3, -0.25) is 10.1 Å². The zero-order chi connectivity index (χ0) is 24.3. The van der Waals surface area contributed by atoms with Crippen molar-refractivity contribution in [2.24, 2.45) is 0 Å². The van der Waals surface area contributed by atoms with Crippen LogP contribution in [0.1, 0.15) is 44.1 Å². The number of ether oxygens (including phenoxy) is 1. The zero-order valence-corrected chi connectivity index (χ0v) is 18.1. The molecule has 2 amide bonds. The maximum absolute atomic E-state index is 12.8. The molecule has 0 aliphatic heterocycles. The minimum Gasteiger partial charge on any atom is -0.449 e. The second-order valence-electron chi connectivity index (χ2n) is 7.91. The van der Waals surface area contributed by atoms with Gasteiger partial charge in [0.15, 0.2) is 11.4 Å². The van der Waals surface area contributed by atoms with Gasteiger partial charge < -0.3 is 14.5 Å². The molecule has 34 heavy (non-hydrogen) atoms. The molecule has 0 unspecified atom stereocenters. The standard InChI is InChI=1S/C23H21F3N4O4/c1-14(31)34-22(9-2-3-10-22)20-28-13-18(33-20)15-7-8-19(27-12-15)30-21(32)29-17-6-4-5-16(11-17)23(24,25)26/h4-8,11-13H,2-3,9-10H2,1H3,(H2,27,29,30,32). The number of nitrogens with one attached hydrogen (secondary N) is 2. The molecule has 8 nitrogen and oxygen atoms in total. The number of esters is 1. The molecule has 178 valence electrons. The van der Waals surface area contributed by atoms with Gasteiger partial charge in [0.2, 0.25) is 5.89 Å². The van der Waals surface area contributed by atoms with Crippen LogP contribution >= 0.6 is 0 Å². The van der Waals surface area contributed by atoms with E-state index in [1.54, 1.807) is 6.07 Å². The van der Waals surface area contributed by atoms with Gasteiger partial charge in [0.25, 0.3) is 0 Å². The Balaban J connectivity index is 1.42. The highest BCUT2D eigenvalue weighted by Gasteiger charge is 2.43. The molecular formula is C23H21F3N4O4. The number of alkyl halides is 3. The van der Waals surface area contributed by atoms with E-state index in [0.717, 1.165) is 25.0 Å². The molecule has 1 aromatic carbocycles. The van der Waals surface area contributed by atoms with E-state index in [9.17, 15) is 22.8 Å². The number of amides is 2. The van der Waals surface area contributed by atoms with E-state index < -0.39 is 29.3 Å². The molecule has 0 atom stereocenters. The number of carbonyl (C=O) groups excluding carboxylic acids is 2. The smallest absolute Gasteiger partial charge is 0.416 e. The van der Waals surface area contributed by atoms with E-state index in [1.807, 2.05) is 0 Å². The van der Waals surface area contributed by atoms with Crippen LogP contribution in [0.4, 0.5) is 29.5 Å². The number of urea groups is 1. The molecule has 0 saturated heterocycles. The number of hydrogen-bond donors (Lipinski definition) is 2.